The van der Waals surface area contributed by atoms with Crippen LogP contribution in [0.25, 0.3) is 33.0 Å². The largest absolute Gasteiger partial charge is 0.390 e. The van der Waals surface area contributed by atoms with Crippen LogP contribution in [0.2, 0.25) is 0 Å². The van der Waals surface area contributed by atoms with Crippen LogP contribution in [0.4, 0.5) is 0 Å². The molecule has 4 aromatic rings. The van der Waals surface area contributed by atoms with Crippen LogP contribution in [-0.2, 0) is 9.59 Å². The highest BCUT2D eigenvalue weighted by atomic mass is 16.3. The number of likely N-dealkylation sites (tertiary alicyclic amines) is 1. The van der Waals surface area contributed by atoms with Gasteiger partial charge in [-0.1, -0.05) is 36.4 Å². The minimum atomic E-state index is -0.794. The second-order valence-electron chi connectivity index (χ2n) is 9.13. The Kier molecular flexibility index (Phi) is 5.08. The smallest absolute Gasteiger partial charge is 0.262 e. The quantitative estimate of drug-likeness (QED) is 0.390. The highest BCUT2D eigenvalue weighted by Gasteiger charge is 2.42. The third kappa shape index (κ3) is 3.36. The molecule has 1 fully saturated rings. The number of imide groups is 1. The molecule has 172 valence electrons. The van der Waals surface area contributed by atoms with Crippen LogP contribution in [-0.4, -0.2) is 69.0 Å². The molecule has 7 nitrogen and oxygen atoms in total. The SMILES string of the molecule is O=C1C(c2c[nH]c3ccccc23)=C(c2c[nH]c3ccccc23)C(=O)N1CC(O)CN1CCCC1. The molecule has 34 heavy (non-hydrogen) atoms. The van der Waals surface area contributed by atoms with Crippen LogP contribution in [0.15, 0.2) is 60.9 Å². The summed E-state index contributed by atoms with van der Waals surface area (Å²) in [6.07, 6.45) is 5.03. The van der Waals surface area contributed by atoms with Gasteiger partial charge >= 0.3 is 0 Å². The molecule has 0 spiro atoms. The van der Waals surface area contributed by atoms with Crippen LogP contribution < -0.4 is 0 Å². The Hall–Kier alpha value is -3.68. The number of para-hydroxylation sites is 2. The molecular weight excluding hydrogens is 428 g/mol. The highest BCUT2D eigenvalue weighted by Crippen LogP contribution is 2.40. The molecule has 1 atom stereocenters. The zero-order chi connectivity index (χ0) is 23.2. The topological polar surface area (TPSA) is 92.4 Å². The fraction of sp³-hybridized carbons (Fsp3) is 0.259. The Morgan fingerprint density at radius 1 is 0.765 bits per heavy atom. The molecule has 2 aromatic carbocycles. The molecule has 0 bridgehead atoms. The Morgan fingerprint density at radius 2 is 1.26 bits per heavy atom. The molecule has 3 N–H and O–H groups in total. The number of carbonyl (C=O) groups excluding carboxylic acids is 2. The highest BCUT2D eigenvalue weighted by molar-refractivity contribution is 6.50. The van der Waals surface area contributed by atoms with Crippen molar-refractivity contribution in [3.05, 3.63) is 72.1 Å². The fourth-order valence-electron chi connectivity index (χ4n) is 5.33. The number of nitrogens with zero attached hydrogens (tertiary/aromatic N) is 2. The van der Waals surface area contributed by atoms with E-state index >= 15 is 0 Å². The number of fused-ring (bicyclic) bond motifs is 2. The van der Waals surface area contributed by atoms with Crippen LogP contribution in [0.5, 0.6) is 0 Å². The molecule has 6 rings (SSSR count). The molecular formula is C27H26N4O3. The number of nitrogens with one attached hydrogen (secondary N) is 2. The maximum absolute atomic E-state index is 13.8. The third-order valence-corrected chi connectivity index (χ3v) is 6.95. The molecule has 2 aliphatic heterocycles. The van der Waals surface area contributed by atoms with Gasteiger partial charge in [-0.3, -0.25) is 14.5 Å². The van der Waals surface area contributed by atoms with Crippen molar-refractivity contribution in [1.82, 2.24) is 19.8 Å². The summed E-state index contributed by atoms with van der Waals surface area (Å²) >= 11 is 0. The van der Waals surface area contributed by atoms with Crippen LogP contribution in [0.3, 0.4) is 0 Å². The van der Waals surface area contributed by atoms with Crippen molar-refractivity contribution in [1.29, 1.82) is 0 Å². The minimum Gasteiger partial charge on any atom is -0.390 e. The predicted octanol–water partition coefficient (Wildman–Crippen LogP) is 3.39. The minimum absolute atomic E-state index is 0.0219. The summed E-state index contributed by atoms with van der Waals surface area (Å²) in [7, 11) is 0. The van der Waals surface area contributed by atoms with E-state index in [1.54, 1.807) is 12.4 Å². The second-order valence-corrected chi connectivity index (χ2v) is 9.13. The first-order chi connectivity index (χ1) is 16.6. The lowest BCUT2D eigenvalue weighted by atomic mass is 9.95. The number of aliphatic hydroxyl groups excluding tert-OH is 1. The molecule has 7 heteroatoms. The number of amides is 2. The standard InChI is InChI=1S/C27H26N4O3/c32-17(15-30-11-5-6-12-30)16-31-26(33)24(20-13-28-22-9-3-1-7-18(20)22)25(27(31)34)21-14-29-23-10-4-2-8-19(21)23/h1-4,7-10,13-14,17,28-29,32H,5-6,11-12,15-16H2. The van der Waals surface area contributed by atoms with Gasteiger partial charge in [0.15, 0.2) is 0 Å². The zero-order valence-electron chi connectivity index (χ0n) is 18.8. The average Bonchev–Trinajstić information content (AvgIpc) is 3.63. The number of aliphatic hydroxyl groups is 1. The van der Waals surface area contributed by atoms with E-state index in [1.807, 2.05) is 48.5 Å². The number of H-pyrrole nitrogens is 2. The summed E-state index contributed by atoms with van der Waals surface area (Å²) in [4.78, 5) is 37.4. The number of hydrogen-bond acceptors (Lipinski definition) is 4. The number of rotatable bonds is 6. The van der Waals surface area contributed by atoms with E-state index in [2.05, 4.69) is 14.9 Å². The van der Waals surface area contributed by atoms with Crippen molar-refractivity contribution < 1.29 is 14.7 Å². The van der Waals surface area contributed by atoms with E-state index in [-0.39, 0.29) is 18.4 Å². The van der Waals surface area contributed by atoms with Gasteiger partial charge in [0, 0.05) is 51.9 Å². The maximum Gasteiger partial charge on any atom is 0.262 e. The summed E-state index contributed by atoms with van der Waals surface area (Å²) in [5.41, 5.74) is 3.95. The lowest BCUT2D eigenvalue weighted by molar-refractivity contribution is -0.137. The Balaban J connectivity index is 1.45. The molecule has 2 amide bonds. The van der Waals surface area contributed by atoms with Gasteiger partial charge in [-0.2, -0.15) is 0 Å². The summed E-state index contributed by atoms with van der Waals surface area (Å²) in [5.74, 6) is -0.731. The van der Waals surface area contributed by atoms with Crippen molar-refractivity contribution in [3.8, 4) is 0 Å². The van der Waals surface area contributed by atoms with Crippen molar-refractivity contribution in [2.24, 2.45) is 0 Å². The van der Waals surface area contributed by atoms with Gasteiger partial charge in [0.05, 0.1) is 23.8 Å². The van der Waals surface area contributed by atoms with Crippen molar-refractivity contribution in [2.75, 3.05) is 26.2 Å². The first-order valence-electron chi connectivity index (χ1n) is 11.8. The molecule has 0 aliphatic carbocycles. The van der Waals surface area contributed by atoms with E-state index in [0.717, 1.165) is 47.7 Å². The first kappa shape index (κ1) is 20.9. The Morgan fingerprint density at radius 3 is 1.79 bits per heavy atom. The zero-order valence-corrected chi connectivity index (χ0v) is 18.8. The van der Waals surface area contributed by atoms with Gasteiger partial charge in [-0.15, -0.1) is 0 Å². The lowest BCUT2D eigenvalue weighted by Gasteiger charge is -2.23. The number of carbonyl (C=O) groups is 2. The third-order valence-electron chi connectivity index (χ3n) is 6.95. The number of aromatic nitrogens is 2. The van der Waals surface area contributed by atoms with E-state index < -0.39 is 6.10 Å². The summed E-state index contributed by atoms with van der Waals surface area (Å²) in [5, 5.41) is 12.5. The number of benzene rings is 2. The Bertz CT molecular complexity index is 1340. The van der Waals surface area contributed by atoms with Crippen molar-refractivity contribution >= 4 is 44.8 Å². The fourth-order valence-corrected chi connectivity index (χ4v) is 5.33. The molecule has 1 unspecified atom stereocenters. The lowest BCUT2D eigenvalue weighted by Crippen LogP contribution is -2.42. The molecule has 2 aliphatic rings. The number of hydrogen-bond donors (Lipinski definition) is 3. The van der Waals surface area contributed by atoms with E-state index in [9.17, 15) is 14.7 Å². The van der Waals surface area contributed by atoms with Gasteiger partial charge < -0.3 is 20.0 Å². The molecule has 4 heterocycles. The summed E-state index contributed by atoms with van der Waals surface area (Å²) in [6.45, 7) is 2.32. The van der Waals surface area contributed by atoms with Gasteiger partial charge in [0.1, 0.15) is 0 Å². The summed E-state index contributed by atoms with van der Waals surface area (Å²) < 4.78 is 0. The molecule has 1 saturated heterocycles. The number of aromatic amines is 2. The number of β-amino-alcohol motifs (C(OH)–C–C–N with tert-alkyl or cyclic N) is 1. The van der Waals surface area contributed by atoms with Crippen LogP contribution >= 0.6 is 0 Å². The molecule has 0 radical (unpaired) electrons. The van der Waals surface area contributed by atoms with E-state index in [1.165, 1.54) is 4.90 Å². The first-order valence-corrected chi connectivity index (χ1v) is 11.8. The van der Waals surface area contributed by atoms with E-state index in [0.29, 0.717) is 28.8 Å². The van der Waals surface area contributed by atoms with Gasteiger partial charge in [-0.25, -0.2) is 0 Å². The maximum atomic E-state index is 13.8. The average molecular weight is 455 g/mol. The monoisotopic (exact) mass is 454 g/mol. The second kappa shape index (κ2) is 8.27. The van der Waals surface area contributed by atoms with Crippen molar-refractivity contribution in [3.63, 3.8) is 0 Å². The molecule has 2 aromatic heterocycles. The van der Waals surface area contributed by atoms with Crippen molar-refractivity contribution in [2.45, 2.75) is 18.9 Å². The predicted molar refractivity (Wildman–Crippen MR) is 132 cm³/mol. The van der Waals surface area contributed by atoms with Crippen LogP contribution in [0.1, 0.15) is 24.0 Å². The van der Waals surface area contributed by atoms with Gasteiger partial charge in [0.25, 0.3) is 11.8 Å². The van der Waals surface area contributed by atoms with Gasteiger partial charge in [0.2, 0.25) is 0 Å². The van der Waals surface area contributed by atoms with E-state index in [4.69, 9.17) is 0 Å². The normalized spacial score (nSPS) is 18.2. The van der Waals surface area contributed by atoms with Crippen LogP contribution in [0, 0.1) is 0 Å². The summed E-state index contributed by atoms with van der Waals surface area (Å²) in [6, 6.07) is 15.5. The molecule has 0 saturated carbocycles. The van der Waals surface area contributed by atoms with Gasteiger partial charge in [-0.05, 0) is 38.1 Å². The Labute approximate surface area is 196 Å².